The molecule has 2 aromatic rings. The maximum Gasteiger partial charge on any atom is 0.269 e. The molecule has 1 N–H and O–H groups in total. The number of hydrogen-bond donors (Lipinski definition) is 1. The van der Waals surface area contributed by atoms with Crippen molar-refractivity contribution in [3.63, 3.8) is 0 Å². The Morgan fingerprint density at radius 1 is 1.00 bits per heavy atom. The monoisotopic (exact) mass is 278 g/mol. The molecule has 2 aromatic carbocycles. The van der Waals surface area contributed by atoms with Crippen molar-refractivity contribution in [1.82, 2.24) is 0 Å². The molecule has 0 atom stereocenters. The van der Waals surface area contributed by atoms with Crippen LogP contribution in [0.25, 0.3) is 0 Å². The third-order valence-corrected chi connectivity index (χ3v) is 3.61. The molecule has 0 unspecified atom stereocenters. The number of halogens is 1. The molecule has 5 heteroatoms. The smallest absolute Gasteiger partial charge is 0.269 e. The van der Waals surface area contributed by atoms with E-state index in [1.807, 2.05) is 0 Å². The largest absolute Gasteiger partial charge is 1.00 e. The van der Waals surface area contributed by atoms with Crippen LogP contribution >= 0.6 is 0 Å². The molecule has 3 rings (SSSR count). The van der Waals surface area contributed by atoms with Crippen molar-refractivity contribution in [1.29, 1.82) is 0 Å². The fourth-order valence-corrected chi connectivity index (χ4v) is 2.56. The molecule has 0 bridgehead atoms. The molecule has 19 heavy (non-hydrogen) atoms. The number of nitro benzene ring substituents is 1. The minimum absolute atomic E-state index is 0. The molecular weight excluding hydrogens is 264 g/mol. The molecule has 0 aliphatic heterocycles. The molecule has 1 aliphatic rings. The van der Waals surface area contributed by atoms with E-state index in [1.54, 1.807) is 12.1 Å². The second-order valence-corrected chi connectivity index (χ2v) is 4.82. The first-order chi connectivity index (χ1) is 8.75. The van der Waals surface area contributed by atoms with Gasteiger partial charge >= 0.3 is 0 Å². The second-order valence-electron chi connectivity index (χ2n) is 4.82. The first-order valence-electron chi connectivity index (χ1n) is 6.37. The molecule has 0 spiro atoms. The van der Waals surface area contributed by atoms with Gasteiger partial charge in [0.15, 0.2) is 0 Å². The average molecular weight is 279 g/mol. The lowest BCUT2D eigenvalue weighted by molar-refractivity contribution is -0.400. The fourth-order valence-electron chi connectivity index (χ4n) is 2.56. The number of benzene rings is 1. The van der Waals surface area contributed by atoms with Gasteiger partial charge in [0, 0.05) is 35.4 Å². The quantitative estimate of drug-likeness (QED) is 0.395. The molecule has 0 amide bonds. The van der Waals surface area contributed by atoms with Gasteiger partial charge in [-0.15, -0.1) is 0 Å². The van der Waals surface area contributed by atoms with Crippen molar-refractivity contribution in [3.8, 4) is 0 Å². The maximum absolute atomic E-state index is 10.6. The SMILES string of the molecule is O=[N+]([O-])c1ccc([NH+]=c2c3c2CCCCC3)cc1.[Cl-]. The van der Waals surface area contributed by atoms with E-state index in [1.165, 1.54) is 60.7 Å². The van der Waals surface area contributed by atoms with Crippen LogP contribution in [0.3, 0.4) is 0 Å². The second kappa shape index (κ2) is 5.53. The lowest BCUT2D eigenvalue weighted by Crippen LogP contribution is -3.00. The molecule has 1 aliphatic carbocycles. The van der Waals surface area contributed by atoms with E-state index in [9.17, 15) is 10.1 Å². The lowest BCUT2D eigenvalue weighted by Gasteiger charge is -1.90. The highest BCUT2D eigenvalue weighted by atomic mass is 35.5. The highest BCUT2D eigenvalue weighted by Gasteiger charge is 2.26. The van der Waals surface area contributed by atoms with Gasteiger partial charge in [-0.1, -0.05) is 6.42 Å². The minimum Gasteiger partial charge on any atom is -1.00 e. The Balaban J connectivity index is 0.00000133. The summed E-state index contributed by atoms with van der Waals surface area (Å²) in [7, 11) is 0. The maximum atomic E-state index is 10.6. The highest BCUT2D eigenvalue weighted by Crippen LogP contribution is 2.20. The molecule has 4 nitrogen and oxygen atoms in total. The first kappa shape index (κ1) is 13.7. The van der Waals surface area contributed by atoms with E-state index < -0.39 is 0 Å². The van der Waals surface area contributed by atoms with E-state index in [-0.39, 0.29) is 23.0 Å². The Morgan fingerprint density at radius 2 is 1.58 bits per heavy atom. The average Bonchev–Trinajstić information content (AvgIpc) is 3.06. The Labute approximate surface area is 117 Å². The number of nitrogens with one attached hydrogen (secondary N) is 1. The molecule has 100 valence electrons. The van der Waals surface area contributed by atoms with Crippen molar-refractivity contribution >= 4 is 11.4 Å². The molecule has 0 saturated carbocycles. The van der Waals surface area contributed by atoms with Crippen LogP contribution in [0.4, 0.5) is 11.4 Å². The van der Waals surface area contributed by atoms with Gasteiger partial charge in [0.25, 0.3) is 5.69 Å². The van der Waals surface area contributed by atoms with Crippen LogP contribution in [0.15, 0.2) is 24.3 Å². The molecule has 0 heterocycles. The van der Waals surface area contributed by atoms with Gasteiger partial charge in [-0.25, -0.2) is 4.99 Å². The van der Waals surface area contributed by atoms with Crippen molar-refractivity contribution < 1.29 is 22.3 Å². The number of fused-ring (bicyclic) bond motifs is 1. The van der Waals surface area contributed by atoms with Gasteiger partial charge in [-0.05, 0) is 25.7 Å². The highest BCUT2D eigenvalue weighted by molar-refractivity contribution is 5.41. The Hall–Kier alpha value is -1.68. The summed E-state index contributed by atoms with van der Waals surface area (Å²) < 4.78 is 0. The van der Waals surface area contributed by atoms with Crippen LogP contribution in [0.1, 0.15) is 30.4 Å². The van der Waals surface area contributed by atoms with E-state index in [0.717, 1.165) is 5.69 Å². The molecule has 0 saturated heterocycles. The van der Waals surface area contributed by atoms with E-state index >= 15 is 0 Å². The van der Waals surface area contributed by atoms with Gasteiger partial charge < -0.3 is 12.4 Å². The summed E-state index contributed by atoms with van der Waals surface area (Å²) in [5, 5.41) is 11.8. The molecule has 0 radical (unpaired) electrons. The predicted octanol–water partition coefficient (Wildman–Crippen LogP) is -1.94. The van der Waals surface area contributed by atoms with E-state index in [0.29, 0.717) is 0 Å². The minimum atomic E-state index is -0.374. The summed E-state index contributed by atoms with van der Waals surface area (Å²) in [6.07, 6.45) is 6.27. The summed E-state index contributed by atoms with van der Waals surface area (Å²) in [6, 6.07) is 6.61. The van der Waals surface area contributed by atoms with E-state index in [2.05, 4.69) is 4.99 Å². The summed E-state index contributed by atoms with van der Waals surface area (Å²) in [6.45, 7) is 0. The van der Waals surface area contributed by atoms with Crippen LogP contribution in [0, 0.1) is 10.1 Å². The van der Waals surface area contributed by atoms with Crippen molar-refractivity contribution in [3.05, 3.63) is 50.9 Å². The molecule has 0 fully saturated rings. The zero-order valence-electron chi connectivity index (χ0n) is 10.5. The van der Waals surface area contributed by atoms with Crippen LogP contribution in [0.5, 0.6) is 0 Å². The van der Waals surface area contributed by atoms with E-state index in [4.69, 9.17) is 0 Å². The van der Waals surface area contributed by atoms with Gasteiger partial charge in [-0.3, -0.25) is 10.1 Å². The number of nitrogens with zero attached hydrogens (tertiary/aromatic N) is 1. The molecule has 0 aromatic heterocycles. The number of rotatable bonds is 2. The molecular formula is C14H15ClN2O2. The summed E-state index contributed by atoms with van der Waals surface area (Å²) in [5.41, 5.74) is 4.05. The van der Waals surface area contributed by atoms with Crippen molar-refractivity contribution in [2.24, 2.45) is 0 Å². The first-order valence-corrected chi connectivity index (χ1v) is 6.37. The van der Waals surface area contributed by atoms with Crippen molar-refractivity contribution in [2.75, 3.05) is 0 Å². The lowest BCUT2D eigenvalue weighted by atomic mass is 10.2. The van der Waals surface area contributed by atoms with Crippen molar-refractivity contribution in [2.45, 2.75) is 32.1 Å². The van der Waals surface area contributed by atoms with Gasteiger partial charge in [0.05, 0.1) is 4.92 Å². The van der Waals surface area contributed by atoms with Crippen LogP contribution in [-0.2, 0) is 12.8 Å². The third-order valence-electron chi connectivity index (χ3n) is 3.61. The topological polar surface area (TPSA) is 57.1 Å². The predicted molar refractivity (Wildman–Crippen MR) is 66.9 cm³/mol. The number of hydrogen-bond acceptors (Lipinski definition) is 2. The van der Waals surface area contributed by atoms with Crippen LogP contribution < -0.4 is 22.8 Å². The zero-order valence-corrected chi connectivity index (χ0v) is 11.2. The van der Waals surface area contributed by atoms with Gasteiger partial charge in [0.1, 0.15) is 0 Å². The zero-order chi connectivity index (χ0) is 12.5. The number of nitro groups is 1. The normalized spacial score (nSPS) is 14.3. The fraction of sp³-hybridized carbons (Fsp3) is 0.357. The summed E-state index contributed by atoms with van der Waals surface area (Å²) >= 11 is 0. The number of non-ortho nitro benzene ring substituents is 1. The Bertz CT molecular complexity index is 588. The Kier molecular flexibility index (Phi) is 4.00. The standard InChI is InChI=1S/C14H14N2O2.ClH/c17-16(18)11-8-6-10(7-9-11)15-14-12-4-2-1-3-5-13(12)14;/h6-9H,1-5H2;1H. The van der Waals surface area contributed by atoms with Gasteiger partial charge in [0.2, 0.25) is 11.0 Å². The van der Waals surface area contributed by atoms with Gasteiger partial charge in [-0.2, -0.15) is 0 Å². The Morgan fingerprint density at radius 3 is 2.11 bits per heavy atom. The van der Waals surface area contributed by atoms with Crippen LogP contribution in [-0.4, -0.2) is 4.92 Å². The third kappa shape index (κ3) is 2.84. The summed E-state index contributed by atoms with van der Waals surface area (Å²) in [5.74, 6) is 0. The summed E-state index contributed by atoms with van der Waals surface area (Å²) in [4.78, 5) is 13.6. The van der Waals surface area contributed by atoms with Crippen LogP contribution in [0.2, 0.25) is 0 Å².